The molecule has 0 saturated heterocycles. The Morgan fingerprint density at radius 1 is 1.19 bits per heavy atom. The summed E-state index contributed by atoms with van der Waals surface area (Å²) in [6.45, 7) is 0.310. The molecule has 26 heavy (non-hydrogen) atoms. The standard InChI is InChI=1S/C20H18N2O4/c1-25-18-9-8-13(11-17(18)23)19-21-16-7-3-2-6-15(16)20(24)22(19)12-14-5-4-10-26-14/h2-11,19,21,23H,12H2,1H3/t19-/m0/s1. The zero-order valence-electron chi connectivity index (χ0n) is 14.2. The fourth-order valence-corrected chi connectivity index (χ4v) is 3.17. The quantitative estimate of drug-likeness (QED) is 0.749. The number of nitrogens with one attached hydrogen (secondary N) is 1. The van der Waals surface area contributed by atoms with Gasteiger partial charge in [-0.1, -0.05) is 18.2 Å². The van der Waals surface area contributed by atoms with E-state index in [1.165, 1.54) is 7.11 Å². The first-order valence-electron chi connectivity index (χ1n) is 8.23. The number of carbonyl (C=O) groups is 1. The van der Waals surface area contributed by atoms with Gasteiger partial charge >= 0.3 is 0 Å². The van der Waals surface area contributed by atoms with Crippen LogP contribution in [-0.2, 0) is 6.54 Å². The van der Waals surface area contributed by atoms with E-state index in [2.05, 4.69) is 5.32 Å². The van der Waals surface area contributed by atoms with Gasteiger partial charge in [0.1, 0.15) is 11.9 Å². The lowest BCUT2D eigenvalue weighted by molar-refractivity contribution is 0.0651. The maximum atomic E-state index is 13.1. The Hall–Kier alpha value is -3.41. The summed E-state index contributed by atoms with van der Waals surface area (Å²) in [7, 11) is 1.50. The Balaban J connectivity index is 1.76. The highest BCUT2D eigenvalue weighted by atomic mass is 16.5. The van der Waals surface area contributed by atoms with Crippen molar-refractivity contribution in [2.75, 3.05) is 12.4 Å². The van der Waals surface area contributed by atoms with Crippen molar-refractivity contribution in [2.24, 2.45) is 0 Å². The minimum absolute atomic E-state index is 0.0241. The second kappa shape index (κ2) is 6.48. The fourth-order valence-electron chi connectivity index (χ4n) is 3.17. The van der Waals surface area contributed by atoms with Crippen LogP contribution in [0.25, 0.3) is 0 Å². The zero-order valence-corrected chi connectivity index (χ0v) is 14.2. The highest BCUT2D eigenvalue weighted by molar-refractivity contribution is 6.01. The first-order chi connectivity index (χ1) is 12.7. The Kier molecular flexibility index (Phi) is 4.01. The maximum absolute atomic E-state index is 13.1. The summed E-state index contributed by atoms with van der Waals surface area (Å²) in [5.74, 6) is 0.989. The van der Waals surface area contributed by atoms with Crippen molar-refractivity contribution in [1.29, 1.82) is 0 Å². The van der Waals surface area contributed by atoms with Gasteiger partial charge in [-0.2, -0.15) is 0 Å². The monoisotopic (exact) mass is 350 g/mol. The second-order valence-corrected chi connectivity index (χ2v) is 6.04. The SMILES string of the molecule is COc1ccc([C@H]2Nc3ccccc3C(=O)N2Cc2ccco2)cc1O. The number of methoxy groups -OCH3 is 1. The lowest BCUT2D eigenvalue weighted by Gasteiger charge is -2.37. The molecular weight excluding hydrogens is 332 g/mol. The number of phenolic OH excluding ortho intramolecular Hbond substituents is 1. The molecule has 0 saturated carbocycles. The van der Waals surface area contributed by atoms with E-state index < -0.39 is 6.17 Å². The summed E-state index contributed by atoms with van der Waals surface area (Å²) in [5.41, 5.74) is 2.11. The molecule has 0 radical (unpaired) electrons. The van der Waals surface area contributed by atoms with Crippen molar-refractivity contribution >= 4 is 11.6 Å². The Morgan fingerprint density at radius 3 is 2.77 bits per heavy atom. The van der Waals surface area contributed by atoms with E-state index in [-0.39, 0.29) is 11.7 Å². The van der Waals surface area contributed by atoms with E-state index in [0.29, 0.717) is 23.6 Å². The normalized spacial score (nSPS) is 16.1. The molecule has 0 spiro atoms. The van der Waals surface area contributed by atoms with Crippen molar-refractivity contribution in [3.63, 3.8) is 0 Å². The summed E-state index contributed by atoms with van der Waals surface area (Å²) in [6.07, 6.45) is 1.14. The molecule has 1 atom stereocenters. The van der Waals surface area contributed by atoms with Crippen molar-refractivity contribution in [3.05, 3.63) is 77.7 Å². The Labute approximate surface area is 150 Å². The van der Waals surface area contributed by atoms with E-state index in [1.807, 2.05) is 30.3 Å². The van der Waals surface area contributed by atoms with E-state index >= 15 is 0 Å². The molecule has 2 N–H and O–H groups in total. The molecule has 0 aliphatic carbocycles. The van der Waals surface area contributed by atoms with Gasteiger partial charge in [-0.3, -0.25) is 4.79 Å². The van der Waals surface area contributed by atoms with Crippen LogP contribution in [0.4, 0.5) is 5.69 Å². The van der Waals surface area contributed by atoms with Gasteiger partial charge in [0.2, 0.25) is 0 Å². The predicted molar refractivity (Wildman–Crippen MR) is 96.0 cm³/mol. The minimum Gasteiger partial charge on any atom is -0.504 e. The third-order valence-corrected chi connectivity index (χ3v) is 4.45. The van der Waals surface area contributed by atoms with Crippen molar-refractivity contribution in [1.82, 2.24) is 4.90 Å². The van der Waals surface area contributed by atoms with E-state index in [0.717, 1.165) is 11.3 Å². The highest BCUT2D eigenvalue weighted by Crippen LogP contribution is 2.37. The number of rotatable bonds is 4. The lowest BCUT2D eigenvalue weighted by Crippen LogP contribution is -2.42. The Bertz CT molecular complexity index is 937. The van der Waals surface area contributed by atoms with E-state index in [4.69, 9.17) is 9.15 Å². The summed E-state index contributed by atoms with van der Waals surface area (Å²) in [4.78, 5) is 14.8. The van der Waals surface area contributed by atoms with Crippen LogP contribution < -0.4 is 10.1 Å². The molecule has 0 fully saturated rings. The van der Waals surface area contributed by atoms with Crippen molar-refractivity contribution in [2.45, 2.75) is 12.7 Å². The number of ether oxygens (including phenoxy) is 1. The average molecular weight is 350 g/mol. The number of anilines is 1. The molecule has 1 aliphatic heterocycles. The van der Waals surface area contributed by atoms with E-state index in [9.17, 15) is 9.90 Å². The number of furan rings is 1. The third kappa shape index (κ3) is 2.75. The van der Waals surface area contributed by atoms with Crippen LogP contribution in [0.5, 0.6) is 11.5 Å². The molecule has 1 aromatic heterocycles. The van der Waals surface area contributed by atoms with Crippen LogP contribution in [0.1, 0.15) is 27.8 Å². The average Bonchev–Trinajstić information content (AvgIpc) is 3.17. The predicted octanol–water partition coefficient (Wildman–Crippen LogP) is 3.76. The third-order valence-electron chi connectivity index (χ3n) is 4.45. The van der Waals surface area contributed by atoms with Crippen LogP contribution in [-0.4, -0.2) is 23.0 Å². The molecule has 2 heterocycles. The number of hydrogen-bond acceptors (Lipinski definition) is 5. The van der Waals surface area contributed by atoms with Crippen LogP contribution in [0.3, 0.4) is 0 Å². The highest BCUT2D eigenvalue weighted by Gasteiger charge is 2.33. The van der Waals surface area contributed by atoms with Gasteiger partial charge in [-0.25, -0.2) is 0 Å². The lowest BCUT2D eigenvalue weighted by atomic mass is 10.0. The molecule has 3 aromatic rings. The molecule has 6 nitrogen and oxygen atoms in total. The number of phenols is 1. The van der Waals surface area contributed by atoms with Crippen LogP contribution in [0.2, 0.25) is 0 Å². The van der Waals surface area contributed by atoms with Crippen LogP contribution in [0, 0.1) is 0 Å². The number of hydrogen-bond donors (Lipinski definition) is 2. The number of fused-ring (bicyclic) bond motifs is 1. The number of benzene rings is 2. The van der Waals surface area contributed by atoms with E-state index in [1.54, 1.807) is 35.4 Å². The summed E-state index contributed by atoms with van der Waals surface area (Å²) in [5, 5.41) is 13.5. The van der Waals surface area contributed by atoms with Crippen molar-refractivity contribution < 1.29 is 19.1 Å². The molecule has 6 heteroatoms. The molecular formula is C20H18N2O4. The number of para-hydroxylation sites is 1. The summed E-state index contributed by atoms with van der Waals surface area (Å²) in [6, 6.07) is 16.1. The first kappa shape index (κ1) is 16.1. The van der Waals surface area contributed by atoms with Gasteiger partial charge in [0.25, 0.3) is 5.91 Å². The minimum atomic E-state index is -0.445. The first-order valence-corrected chi connectivity index (χ1v) is 8.23. The molecule has 1 amide bonds. The molecule has 0 unspecified atom stereocenters. The van der Waals surface area contributed by atoms with Crippen molar-refractivity contribution in [3.8, 4) is 11.5 Å². The second-order valence-electron chi connectivity index (χ2n) is 6.04. The van der Waals surface area contributed by atoms with Crippen LogP contribution in [0.15, 0.2) is 65.3 Å². The molecule has 2 aromatic carbocycles. The number of amides is 1. The van der Waals surface area contributed by atoms with Gasteiger partial charge < -0.3 is 24.5 Å². The molecule has 132 valence electrons. The molecule has 0 bridgehead atoms. The summed E-state index contributed by atoms with van der Waals surface area (Å²) >= 11 is 0. The zero-order chi connectivity index (χ0) is 18.1. The van der Waals surface area contributed by atoms with Gasteiger partial charge in [-0.15, -0.1) is 0 Å². The van der Waals surface area contributed by atoms with Gasteiger partial charge in [0.05, 0.1) is 25.5 Å². The topological polar surface area (TPSA) is 74.9 Å². The van der Waals surface area contributed by atoms with Gasteiger partial charge in [0.15, 0.2) is 11.5 Å². The fraction of sp³-hybridized carbons (Fsp3) is 0.150. The maximum Gasteiger partial charge on any atom is 0.258 e. The summed E-state index contributed by atoms with van der Waals surface area (Å²) < 4.78 is 10.5. The largest absolute Gasteiger partial charge is 0.504 e. The number of carbonyl (C=O) groups excluding carboxylic acids is 1. The van der Waals surface area contributed by atoms with Gasteiger partial charge in [0, 0.05) is 5.69 Å². The Morgan fingerprint density at radius 2 is 2.04 bits per heavy atom. The molecule has 4 rings (SSSR count). The number of aromatic hydroxyl groups is 1. The molecule has 1 aliphatic rings. The smallest absolute Gasteiger partial charge is 0.258 e. The number of nitrogens with zero attached hydrogens (tertiary/aromatic N) is 1. The van der Waals surface area contributed by atoms with Crippen LogP contribution >= 0.6 is 0 Å². The van der Waals surface area contributed by atoms with Gasteiger partial charge in [-0.05, 0) is 42.0 Å².